The molecule has 1 atom stereocenters. The monoisotopic (exact) mass is 506 g/mol. The third-order valence-corrected chi connectivity index (χ3v) is 4.84. The number of rotatable bonds is 12. The zero-order valence-corrected chi connectivity index (χ0v) is 19.0. The van der Waals surface area contributed by atoms with Gasteiger partial charge in [0.25, 0.3) is 5.69 Å². The highest BCUT2D eigenvalue weighted by atomic mass is 127. The van der Waals surface area contributed by atoms with Crippen molar-refractivity contribution in [2.24, 2.45) is 0 Å². The van der Waals surface area contributed by atoms with Crippen molar-refractivity contribution in [3.63, 3.8) is 0 Å². The van der Waals surface area contributed by atoms with E-state index in [1.807, 2.05) is 0 Å². The van der Waals surface area contributed by atoms with Crippen molar-refractivity contribution in [3.05, 3.63) is 46.0 Å². The van der Waals surface area contributed by atoms with Gasteiger partial charge in [0, 0.05) is 18.2 Å². The number of nitrogens with zero attached hydrogens (tertiary/aromatic N) is 2. The minimum absolute atomic E-state index is 0. The summed E-state index contributed by atoms with van der Waals surface area (Å²) in [5.41, 5.74) is 0.496. The normalized spacial score (nSPS) is 12.4. The molecule has 1 aromatic rings. The van der Waals surface area contributed by atoms with E-state index in [1.165, 1.54) is 24.3 Å². The maximum atomic E-state index is 11.9. The second kappa shape index (κ2) is 13.6. The van der Waals surface area contributed by atoms with E-state index < -0.39 is 17.0 Å². The van der Waals surface area contributed by atoms with Crippen molar-refractivity contribution in [1.29, 1.82) is 0 Å². The van der Waals surface area contributed by atoms with Crippen LogP contribution >= 0.6 is 0 Å². The SMILES string of the molecule is CCCC[N+](CC)(CC)CC(O)COC(=O)/C=C/c1cccc([N+](=O)[O-])c1.[I-]. The summed E-state index contributed by atoms with van der Waals surface area (Å²) >= 11 is 0. The molecule has 0 spiro atoms. The number of non-ortho nitro benzene ring substituents is 1. The van der Waals surface area contributed by atoms with Crippen molar-refractivity contribution in [2.75, 3.05) is 32.8 Å². The molecule has 7 nitrogen and oxygen atoms in total. The van der Waals surface area contributed by atoms with E-state index in [4.69, 9.17) is 4.74 Å². The number of esters is 1. The molecule has 0 fully saturated rings. The maximum absolute atomic E-state index is 11.9. The number of hydrogen-bond donors (Lipinski definition) is 1. The number of halogens is 1. The average Bonchev–Trinajstić information content (AvgIpc) is 2.68. The molecule has 1 aromatic carbocycles. The van der Waals surface area contributed by atoms with Crippen LogP contribution in [0.15, 0.2) is 30.3 Å². The molecule has 0 radical (unpaired) electrons. The fourth-order valence-electron chi connectivity index (χ4n) is 3.02. The van der Waals surface area contributed by atoms with E-state index in [2.05, 4.69) is 20.8 Å². The van der Waals surface area contributed by atoms with Gasteiger partial charge in [-0.25, -0.2) is 4.79 Å². The van der Waals surface area contributed by atoms with Gasteiger partial charge in [0.15, 0.2) is 0 Å². The van der Waals surface area contributed by atoms with Gasteiger partial charge in [0.05, 0.1) is 24.6 Å². The summed E-state index contributed by atoms with van der Waals surface area (Å²) in [6, 6.07) is 5.97. The third kappa shape index (κ3) is 9.11. The molecule has 8 heteroatoms. The van der Waals surface area contributed by atoms with E-state index in [9.17, 15) is 20.0 Å². The lowest BCUT2D eigenvalue weighted by Gasteiger charge is -2.38. The Morgan fingerprint density at radius 3 is 2.57 bits per heavy atom. The molecule has 1 rings (SSSR count). The van der Waals surface area contributed by atoms with Gasteiger partial charge in [-0.1, -0.05) is 25.5 Å². The van der Waals surface area contributed by atoms with Gasteiger partial charge in [-0.15, -0.1) is 0 Å². The van der Waals surface area contributed by atoms with Crippen LogP contribution in [0.4, 0.5) is 5.69 Å². The van der Waals surface area contributed by atoms with Crippen molar-refractivity contribution in [1.82, 2.24) is 0 Å². The molecule has 0 bridgehead atoms. The number of benzene rings is 1. The van der Waals surface area contributed by atoms with Gasteiger partial charge in [0.2, 0.25) is 0 Å². The Morgan fingerprint density at radius 2 is 2.00 bits per heavy atom. The van der Waals surface area contributed by atoms with E-state index in [-0.39, 0.29) is 36.3 Å². The van der Waals surface area contributed by atoms with Gasteiger partial charge >= 0.3 is 5.97 Å². The van der Waals surface area contributed by atoms with Gasteiger partial charge in [-0.05, 0) is 31.9 Å². The second-order valence-corrected chi connectivity index (χ2v) is 6.70. The summed E-state index contributed by atoms with van der Waals surface area (Å²) in [7, 11) is 0. The van der Waals surface area contributed by atoms with Crippen molar-refractivity contribution in [3.8, 4) is 0 Å². The Hall–Kier alpha value is -1.52. The van der Waals surface area contributed by atoms with Crippen LogP contribution in [0.3, 0.4) is 0 Å². The summed E-state index contributed by atoms with van der Waals surface area (Å²) in [6.45, 7) is 9.70. The van der Waals surface area contributed by atoms with Crippen LogP contribution in [0.2, 0.25) is 0 Å². The van der Waals surface area contributed by atoms with E-state index >= 15 is 0 Å². The van der Waals surface area contributed by atoms with Crippen LogP contribution in [-0.4, -0.2) is 59.4 Å². The first kappa shape index (κ1) is 26.5. The number of aliphatic hydroxyl groups excluding tert-OH is 1. The molecule has 0 aliphatic carbocycles. The number of ether oxygens (including phenoxy) is 1. The van der Waals surface area contributed by atoms with Gasteiger partial charge in [-0.3, -0.25) is 10.1 Å². The summed E-state index contributed by atoms with van der Waals surface area (Å²) in [6.07, 6.45) is 4.15. The van der Waals surface area contributed by atoms with Crippen LogP contribution in [0.25, 0.3) is 6.08 Å². The van der Waals surface area contributed by atoms with Crippen molar-refractivity contribution in [2.45, 2.75) is 39.7 Å². The van der Waals surface area contributed by atoms with Crippen LogP contribution in [0, 0.1) is 10.1 Å². The number of nitro groups is 1. The highest BCUT2D eigenvalue weighted by Gasteiger charge is 2.26. The lowest BCUT2D eigenvalue weighted by molar-refractivity contribution is -0.927. The van der Waals surface area contributed by atoms with Crippen molar-refractivity contribution >= 4 is 17.7 Å². The highest BCUT2D eigenvalue weighted by molar-refractivity contribution is 5.87. The Morgan fingerprint density at radius 1 is 1.32 bits per heavy atom. The van der Waals surface area contributed by atoms with Crippen LogP contribution < -0.4 is 24.0 Å². The zero-order valence-electron chi connectivity index (χ0n) is 16.8. The summed E-state index contributed by atoms with van der Waals surface area (Å²) in [5.74, 6) is -0.583. The molecule has 0 aliphatic heterocycles. The first-order valence-corrected chi connectivity index (χ1v) is 9.48. The first-order chi connectivity index (χ1) is 12.9. The molecule has 1 N–H and O–H groups in total. The molecule has 0 saturated carbocycles. The smallest absolute Gasteiger partial charge is 0.330 e. The first-order valence-electron chi connectivity index (χ1n) is 9.48. The zero-order chi connectivity index (χ0) is 20.3. The number of aliphatic hydroxyl groups is 1. The number of carbonyl (C=O) groups is 1. The lowest BCUT2D eigenvalue weighted by Crippen LogP contribution is -3.00. The van der Waals surface area contributed by atoms with Crippen LogP contribution in [0.5, 0.6) is 0 Å². The quantitative estimate of drug-likeness (QED) is 0.109. The predicted octanol–water partition coefficient (Wildman–Crippen LogP) is 0.173. The second-order valence-electron chi connectivity index (χ2n) is 6.70. The minimum atomic E-state index is -0.725. The number of unbranched alkanes of at least 4 members (excludes halogenated alkanes) is 1. The summed E-state index contributed by atoms with van der Waals surface area (Å²) in [4.78, 5) is 22.1. The predicted molar refractivity (Wildman–Crippen MR) is 105 cm³/mol. The fraction of sp³-hybridized carbons (Fsp3) is 0.550. The van der Waals surface area contributed by atoms with Crippen molar-refractivity contribution < 1.29 is 48.0 Å². The fourth-order valence-corrected chi connectivity index (χ4v) is 3.02. The Labute approximate surface area is 184 Å². The average molecular weight is 506 g/mol. The molecule has 0 saturated heterocycles. The largest absolute Gasteiger partial charge is 1.00 e. The molecule has 0 aliphatic rings. The van der Waals surface area contributed by atoms with Gasteiger partial charge in [0.1, 0.15) is 19.3 Å². The molecule has 0 aromatic heterocycles. The van der Waals surface area contributed by atoms with E-state index in [1.54, 1.807) is 12.1 Å². The molecule has 0 amide bonds. The molecule has 1 unspecified atom stereocenters. The van der Waals surface area contributed by atoms with E-state index in [0.717, 1.165) is 37.0 Å². The Kier molecular flexibility index (Phi) is 12.9. The molecule has 158 valence electrons. The molecular formula is C20H31IN2O5. The maximum Gasteiger partial charge on any atom is 0.330 e. The number of quaternary nitrogens is 1. The number of nitro benzene ring substituents is 1. The number of hydrogen-bond acceptors (Lipinski definition) is 5. The Balaban J connectivity index is 0.00000729. The molecular weight excluding hydrogens is 475 g/mol. The van der Waals surface area contributed by atoms with Crippen LogP contribution in [0.1, 0.15) is 39.2 Å². The molecule has 28 heavy (non-hydrogen) atoms. The topological polar surface area (TPSA) is 89.7 Å². The lowest BCUT2D eigenvalue weighted by atomic mass is 10.2. The summed E-state index contributed by atoms with van der Waals surface area (Å²) < 4.78 is 5.92. The van der Waals surface area contributed by atoms with Gasteiger partial charge < -0.3 is 38.3 Å². The molecule has 0 heterocycles. The Bertz CT molecular complexity index is 647. The van der Waals surface area contributed by atoms with E-state index in [0.29, 0.717) is 12.1 Å². The van der Waals surface area contributed by atoms with Crippen LogP contribution in [-0.2, 0) is 9.53 Å². The number of carbonyl (C=O) groups excluding carboxylic acids is 1. The standard InChI is InChI=1S/C20H31N2O5.HI/c1-4-7-13-22(5-2,6-3)15-19(23)16-27-20(24)12-11-17-9-8-10-18(14-17)21(25)26;/h8-12,14,19,23H,4-7,13,15-16H2,1-3H3;1H/q+1;/p-1/b12-11+;. The number of likely N-dealkylation sites (N-methyl/N-ethyl adjacent to an activating group) is 1. The highest BCUT2D eigenvalue weighted by Crippen LogP contribution is 2.14. The third-order valence-electron chi connectivity index (χ3n) is 4.84. The minimum Gasteiger partial charge on any atom is -1.00 e. The van der Waals surface area contributed by atoms with Gasteiger partial charge in [-0.2, -0.15) is 0 Å². The summed E-state index contributed by atoms with van der Waals surface area (Å²) in [5, 5.41) is 21.0.